The van der Waals surface area contributed by atoms with Crippen LogP contribution in [0.1, 0.15) is 10.4 Å². The van der Waals surface area contributed by atoms with Crippen molar-refractivity contribution in [2.24, 2.45) is 0 Å². The second-order valence-electron chi connectivity index (χ2n) is 4.13. The van der Waals surface area contributed by atoms with E-state index in [1.165, 1.54) is 49.6 Å². The van der Waals surface area contributed by atoms with Crippen LogP contribution in [0.2, 0.25) is 10.0 Å². The third-order valence-corrected chi connectivity index (χ3v) is 4.66. The molecule has 0 aliphatic carbocycles. The number of ether oxygens (including phenoxy) is 1. The Bertz CT molecular complexity index is 800. The van der Waals surface area contributed by atoms with Gasteiger partial charge in [-0.2, -0.15) is 8.42 Å². The monoisotopic (exact) mass is 360 g/mol. The molecule has 0 aliphatic heterocycles. The fraction of sp³-hybridized carbons (Fsp3) is 0.0714. The van der Waals surface area contributed by atoms with E-state index in [1.54, 1.807) is 0 Å². The first-order valence-corrected chi connectivity index (χ1v) is 8.08. The van der Waals surface area contributed by atoms with Crippen LogP contribution >= 0.6 is 23.2 Å². The molecule has 0 aromatic heterocycles. The minimum atomic E-state index is -4.05. The number of esters is 1. The van der Waals surface area contributed by atoms with Gasteiger partial charge in [-0.1, -0.05) is 23.2 Å². The summed E-state index contributed by atoms with van der Waals surface area (Å²) < 4.78 is 33.8. The maximum absolute atomic E-state index is 12.1. The Morgan fingerprint density at radius 2 is 1.64 bits per heavy atom. The van der Waals surface area contributed by atoms with Gasteiger partial charge in [0, 0.05) is 6.07 Å². The quantitative estimate of drug-likeness (QED) is 0.615. The van der Waals surface area contributed by atoms with Gasteiger partial charge in [0.2, 0.25) is 0 Å². The molecule has 0 heterocycles. The fourth-order valence-corrected chi connectivity index (χ4v) is 2.79. The molecular weight excluding hydrogens is 351 g/mol. The van der Waals surface area contributed by atoms with Crippen molar-refractivity contribution in [2.45, 2.75) is 4.90 Å². The minimum absolute atomic E-state index is 0.0337. The lowest BCUT2D eigenvalue weighted by molar-refractivity contribution is 0.0600. The van der Waals surface area contributed by atoms with Crippen molar-refractivity contribution in [3.63, 3.8) is 0 Å². The second-order valence-corrected chi connectivity index (χ2v) is 6.49. The van der Waals surface area contributed by atoms with Crippen LogP contribution in [0.15, 0.2) is 47.4 Å². The summed E-state index contributed by atoms with van der Waals surface area (Å²) in [4.78, 5) is 11.2. The predicted molar refractivity (Wildman–Crippen MR) is 82.1 cm³/mol. The zero-order chi connectivity index (χ0) is 16.3. The molecule has 0 amide bonds. The van der Waals surface area contributed by atoms with Gasteiger partial charge in [-0.05, 0) is 36.4 Å². The molecule has 0 radical (unpaired) electrons. The highest BCUT2D eigenvalue weighted by Crippen LogP contribution is 2.28. The summed E-state index contributed by atoms with van der Waals surface area (Å²) in [5.74, 6) is -0.527. The summed E-state index contributed by atoms with van der Waals surface area (Å²) >= 11 is 11.6. The van der Waals surface area contributed by atoms with Crippen molar-refractivity contribution in [1.82, 2.24) is 0 Å². The molecule has 2 aromatic rings. The maximum atomic E-state index is 12.1. The van der Waals surface area contributed by atoms with Crippen LogP contribution in [0.25, 0.3) is 0 Å². The van der Waals surface area contributed by atoms with E-state index in [9.17, 15) is 13.2 Å². The average molecular weight is 361 g/mol. The van der Waals surface area contributed by atoms with E-state index in [0.29, 0.717) is 0 Å². The molecule has 2 aromatic carbocycles. The maximum Gasteiger partial charge on any atom is 0.339 e. The zero-order valence-corrected chi connectivity index (χ0v) is 13.6. The molecule has 0 bridgehead atoms. The molecule has 0 atom stereocenters. The minimum Gasteiger partial charge on any atom is -0.465 e. The average Bonchev–Trinajstić information content (AvgIpc) is 2.50. The van der Waals surface area contributed by atoms with Gasteiger partial charge in [-0.3, -0.25) is 0 Å². The van der Waals surface area contributed by atoms with Crippen LogP contribution in [0, 0.1) is 0 Å². The van der Waals surface area contributed by atoms with Gasteiger partial charge in [-0.25, -0.2) is 4.79 Å². The normalized spacial score (nSPS) is 11.0. The number of carbonyl (C=O) groups excluding carboxylic acids is 1. The van der Waals surface area contributed by atoms with Crippen LogP contribution in [0.4, 0.5) is 0 Å². The van der Waals surface area contributed by atoms with Crippen molar-refractivity contribution in [2.75, 3.05) is 7.11 Å². The molecule has 8 heteroatoms. The summed E-state index contributed by atoms with van der Waals surface area (Å²) in [6, 6.07) is 9.26. The molecule has 0 aliphatic rings. The number of halogens is 2. The lowest BCUT2D eigenvalue weighted by Gasteiger charge is -2.08. The van der Waals surface area contributed by atoms with E-state index >= 15 is 0 Å². The molecule has 22 heavy (non-hydrogen) atoms. The Morgan fingerprint density at radius 1 is 1.00 bits per heavy atom. The highest BCUT2D eigenvalue weighted by Gasteiger charge is 2.18. The summed E-state index contributed by atoms with van der Waals surface area (Å²) in [6.07, 6.45) is 0. The van der Waals surface area contributed by atoms with Crippen LogP contribution in [-0.4, -0.2) is 21.5 Å². The van der Waals surface area contributed by atoms with Gasteiger partial charge < -0.3 is 8.92 Å². The van der Waals surface area contributed by atoms with Crippen LogP contribution in [0.5, 0.6) is 5.75 Å². The largest absolute Gasteiger partial charge is 0.465 e. The molecule has 0 saturated heterocycles. The van der Waals surface area contributed by atoms with Gasteiger partial charge in [0.25, 0.3) is 0 Å². The van der Waals surface area contributed by atoms with Gasteiger partial charge >= 0.3 is 16.1 Å². The van der Waals surface area contributed by atoms with Crippen LogP contribution < -0.4 is 4.18 Å². The number of carbonyl (C=O) groups is 1. The van der Waals surface area contributed by atoms with E-state index in [-0.39, 0.29) is 26.3 Å². The standard InChI is InChI=1S/C14H10Cl2O5S/c1-20-14(17)9-2-5-11(6-3-9)22(18,19)21-10-4-7-12(15)13(16)8-10/h2-8H,1H3. The summed E-state index contributed by atoms with van der Waals surface area (Å²) in [5.41, 5.74) is 0.232. The topological polar surface area (TPSA) is 69.7 Å². The SMILES string of the molecule is COC(=O)c1ccc(S(=O)(=O)Oc2ccc(Cl)c(Cl)c2)cc1. The smallest absolute Gasteiger partial charge is 0.339 e. The third-order valence-electron chi connectivity index (χ3n) is 2.66. The van der Waals surface area contributed by atoms with E-state index in [1.807, 2.05) is 0 Å². The fourth-order valence-electron chi connectivity index (χ4n) is 1.58. The van der Waals surface area contributed by atoms with Crippen molar-refractivity contribution < 1.29 is 22.1 Å². The Kier molecular flexibility index (Phi) is 4.95. The number of rotatable bonds is 4. The van der Waals surface area contributed by atoms with Crippen LogP contribution in [0.3, 0.4) is 0 Å². The Morgan fingerprint density at radius 3 is 2.18 bits per heavy atom. The molecule has 5 nitrogen and oxygen atoms in total. The van der Waals surface area contributed by atoms with E-state index < -0.39 is 16.1 Å². The van der Waals surface area contributed by atoms with Crippen molar-refractivity contribution in [3.05, 3.63) is 58.1 Å². The Labute approximate surface area is 137 Å². The highest BCUT2D eigenvalue weighted by atomic mass is 35.5. The predicted octanol–water partition coefficient (Wildman–Crippen LogP) is 3.55. The van der Waals surface area contributed by atoms with Gasteiger partial charge in [0.1, 0.15) is 10.6 Å². The molecule has 0 saturated carbocycles. The lowest BCUT2D eigenvalue weighted by atomic mass is 10.2. The van der Waals surface area contributed by atoms with Crippen molar-refractivity contribution in [3.8, 4) is 5.75 Å². The zero-order valence-electron chi connectivity index (χ0n) is 11.2. The van der Waals surface area contributed by atoms with Gasteiger partial charge in [0.15, 0.2) is 0 Å². The molecule has 0 unspecified atom stereocenters. The lowest BCUT2D eigenvalue weighted by Crippen LogP contribution is -2.10. The van der Waals surface area contributed by atoms with Crippen molar-refractivity contribution in [1.29, 1.82) is 0 Å². The molecule has 116 valence electrons. The number of benzene rings is 2. The molecular formula is C14H10Cl2O5S. The molecule has 2 rings (SSSR count). The first-order valence-electron chi connectivity index (χ1n) is 5.91. The number of hydrogen-bond donors (Lipinski definition) is 0. The Hall–Kier alpha value is -1.76. The van der Waals surface area contributed by atoms with Gasteiger partial charge in [-0.15, -0.1) is 0 Å². The van der Waals surface area contributed by atoms with Crippen molar-refractivity contribution >= 4 is 39.3 Å². The highest BCUT2D eigenvalue weighted by molar-refractivity contribution is 7.87. The summed E-state index contributed by atoms with van der Waals surface area (Å²) in [7, 11) is -2.81. The Balaban J connectivity index is 2.26. The first kappa shape index (κ1) is 16.6. The first-order chi connectivity index (χ1) is 10.3. The summed E-state index contributed by atoms with van der Waals surface area (Å²) in [5, 5.41) is 0.462. The molecule has 0 N–H and O–H groups in total. The molecule has 0 fully saturated rings. The second kappa shape index (κ2) is 6.56. The van der Waals surface area contributed by atoms with E-state index in [4.69, 9.17) is 27.4 Å². The summed E-state index contributed by atoms with van der Waals surface area (Å²) in [6.45, 7) is 0. The van der Waals surface area contributed by atoms with E-state index in [0.717, 1.165) is 0 Å². The number of hydrogen-bond acceptors (Lipinski definition) is 5. The molecule has 0 spiro atoms. The third kappa shape index (κ3) is 3.71. The number of methoxy groups -OCH3 is 1. The van der Waals surface area contributed by atoms with E-state index in [2.05, 4.69) is 4.74 Å². The van der Waals surface area contributed by atoms with Gasteiger partial charge in [0.05, 0.1) is 22.7 Å². The van der Waals surface area contributed by atoms with Crippen LogP contribution in [-0.2, 0) is 14.9 Å².